The second-order valence-corrected chi connectivity index (χ2v) is 5.70. The summed E-state index contributed by atoms with van der Waals surface area (Å²) in [5.41, 5.74) is 6.56. The summed E-state index contributed by atoms with van der Waals surface area (Å²) < 4.78 is 5.58. The van der Waals surface area contributed by atoms with Gasteiger partial charge in [0, 0.05) is 22.0 Å². The van der Waals surface area contributed by atoms with E-state index in [2.05, 4.69) is 20.8 Å². The first-order valence-electron chi connectivity index (χ1n) is 7.45. The summed E-state index contributed by atoms with van der Waals surface area (Å²) in [7, 11) is 1.64. The lowest BCUT2D eigenvalue weighted by atomic mass is 9.96. The number of methoxy groups -OCH3 is 1. The minimum absolute atomic E-state index is 0.0365. The average molecular weight is 314 g/mol. The predicted octanol–water partition coefficient (Wildman–Crippen LogP) is 2.52. The van der Waals surface area contributed by atoms with Crippen molar-refractivity contribution in [2.24, 2.45) is 4.99 Å². The van der Waals surface area contributed by atoms with Crippen molar-refractivity contribution in [1.29, 1.82) is 0 Å². The Morgan fingerprint density at radius 3 is 2.91 bits per heavy atom. The third kappa shape index (κ3) is 1.97. The van der Waals surface area contributed by atoms with Crippen LogP contribution in [0.1, 0.15) is 25.0 Å². The second-order valence-electron chi connectivity index (χ2n) is 5.70. The normalized spacial score (nSPS) is 20.1. The molecule has 0 aliphatic carbocycles. The molecule has 1 atom stereocenters. The maximum absolute atomic E-state index is 10.1. The molecule has 0 saturated carbocycles. The van der Waals surface area contributed by atoms with E-state index in [0.29, 0.717) is 12.2 Å². The van der Waals surface area contributed by atoms with Gasteiger partial charge in [0.25, 0.3) is 0 Å². The third-order valence-corrected chi connectivity index (χ3v) is 4.32. The second kappa shape index (κ2) is 4.92. The number of fused-ring (bicyclic) bond motifs is 3. The molecule has 2 aliphatic heterocycles. The lowest BCUT2D eigenvalue weighted by molar-refractivity contribution is 0.122. The Kier molecular flexibility index (Phi) is 2.99. The van der Waals surface area contributed by atoms with Crippen LogP contribution < -0.4 is 15.5 Å². The van der Waals surface area contributed by atoms with Gasteiger partial charge in [-0.15, -0.1) is 5.48 Å². The Morgan fingerprint density at radius 2 is 2.22 bits per heavy atom. The van der Waals surface area contributed by atoms with Crippen molar-refractivity contribution in [3.05, 3.63) is 29.0 Å². The topological polar surface area (TPSA) is 90.9 Å². The van der Waals surface area contributed by atoms with Gasteiger partial charge in [0.05, 0.1) is 18.7 Å². The van der Waals surface area contributed by atoms with Crippen LogP contribution in [-0.2, 0) is 4.84 Å². The van der Waals surface area contributed by atoms with Gasteiger partial charge in [0.1, 0.15) is 24.0 Å². The van der Waals surface area contributed by atoms with E-state index < -0.39 is 0 Å². The van der Waals surface area contributed by atoms with Gasteiger partial charge >= 0.3 is 0 Å². The molecule has 0 bridgehead atoms. The number of benzene rings is 1. The van der Waals surface area contributed by atoms with Crippen molar-refractivity contribution >= 4 is 28.2 Å². The van der Waals surface area contributed by atoms with Gasteiger partial charge in [-0.05, 0) is 26.0 Å². The van der Waals surface area contributed by atoms with Crippen molar-refractivity contribution in [3.63, 3.8) is 0 Å². The molecule has 0 spiro atoms. The number of hydrogen-bond acceptors (Lipinski definition) is 5. The SMILES string of the molecule is COc1cc2c3c([nH]c2cc1C1=C(C)ONC1C)NCN=C3O. The highest BCUT2D eigenvalue weighted by molar-refractivity contribution is 6.12. The van der Waals surface area contributed by atoms with Gasteiger partial charge in [-0.3, -0.25) is 0 Å². The third-order valence-electron chi connectivity index (χ3n) is 4.32. The first kappa shape index (κ1) is 14.0. The molecule has 1 unspecified atom stereocenters. The van der Waals surface area contributed by atoms with Gasteiger partial charge in [0.2, 0.25) is 5.90 Å². The van der Waals surface area contributed by atoms with E-state index in [0.717, 1.165) is 39.4 Å². The predicted molar refractivity (Wildman–Crippen MR) is 88.8 cm³/mol. The van der Waals surface area contributed by atoms with Crippen LogP contribution in [0.2, 0.25) is 0 Å². The summed E-state index contributed by atoms with van der Waals surface area (Å²) in [6, 6.07) is 4.01. The number of aromatic nitrogens is 1. The summed E-state index contributed by atoms with van der Waals surface area (Å²) in [6.45, 7) is 4.32. The maximum atomic E-state index is 10.1. The van der Waals surface area contributed by atoms with E-state index in [1.807, 2.05) is 26.0 Å². The lowest BCUT2D eigenvalue weighted by Gasteiger charge is -2.13. The molecule has 0 radical (unpaired) electrons. The number of aliphatic hydroxyl groups is 1. The molecule has 4 rings (SSSR count). The molecule has 3 heterocycles. The van der Waals surface area contributed by atoms with Crippen molar-refractivity contribution in [3.8, 4) is 5.75 Å². The number of aliphatic hydroxyl groups excluding tert-OH is 1. The number of rotatable bonds is 2. The highest BCUT2D eigenvalue weighted by Crippen LogP contribution is 2.39. The van der Waals surface area contributed by atoms with Crippen LogP contribution in [0.5, 0.6) is 5.75 Å². The minimum Gasteiger partial charge on any atom is -0.496 e. The number of H-pyrrole nitrogens is 1. The summed E-state index contributed by atoms with van der Waals surface area (Å²) >= 11 is 0. The molecular weight excluding hydrogens is 296 g/mol. The molecule has 0 saturated heterocycles. The monoisotopic (exact) mass is 314 g/mol. The van der Waals surface area contributed by atoms with Gasteiger partial charge in [0.15, 0.2) is 0 Å². The number of hydroxylamine groups is 1. The van der Waals surface area contributed by atoms with Crippen molar-refractivity contribution < 1.29 is 14.7 Å². The molecule has 23 heavy (non-hydrogen) atoms. The highest BCUT2D eigenvalue weighted by Gasteiger charge is 2.27. The standard InChI is InChI=1S/C16H18N4O3/c1-7-13(8(2)23-20-7)10-4-11-9(5-12(10)22-3)14-15(19-11)17-6-18-16(14)21/h4-5,7,17,19-20H,6H2,1-3H3,(H,18,21). The zero-order valence-electron chi connectivity index (χ0n) is 13.2. The van der Waals surface area contributed by atoms with E-state index in [4.69, 9.17) is 9.57 Å². The fourth-order valence-corrected chi connectivity index (χ4v) is 3.26. The summed E-state index contributed by atoms with van der Waals surface area (Å²) in [6.07, 6.45) is 0. The van der Waals surface area contributed by atoms with Gasteiger partial charge in [-0.1, -0.05) is 0 Å². The zero-order valence-corrected chi connectivity index (χ0v) is 13.2. The Morgan fingerprint density at radius 1 is 1.39 bits per heavy atom. The lowest BCUT2D eigenvalue weighted by Crippen LogP contribution is -2.19. The van der Waals surface area contributed by atoms with Crippen molar-refractivity contribution in [2.75, 3.05) is 19.1 Å². The van der Waals surface area contributed by atoms with Gasteiger partial charge in [-0.2, -0.15) is 0 Å². The zero-order chi connectivity index (χ0) is 16.1. The van der Waals surface area contributed by atoms with E-state index in [-0.39, 0.29) is 11.9 Å². The van der Waals surface area contributed by atoms with Crippen molar-refractivity contribution in [1.82, 2.24) is 10.5 Å². The summed E-state index contributed by atoms with van der Waals surface area (Å²) in [5.74, 6) is 2.36. The molecular formula is C16H18N4O3. The van der Waals surface area contributed by atoms with E-state index in [1.54, 1.807) is 7.11 Å². The highest BCUT2D eigenvalue weighted by atomic mass is 16.7. The molecule has 7 heteroatoms. The Bertz CT molecular complexity index is 866. The summed E-state index contributed by atoms with van der Waals surface area (Å²) in [4.78, 5) is 12.8. The van der Waals surface area contributed by atoms with E-state index in [9.17, 15) is 5.11 Å². The number of anilines is 1. The molecule has 2 aliphatic rings. The molecule has 4 N–H and O–H groups in total. The van der Waals surface area contributed by atoms with E-state index >= 15 is 0 Å². The maximum Gasteiger partial charge on any atom is 0.219 e. The molecule has 120 valence electrons. The molecule has 0 amide bonds. The van der Waals surface area contributed by atoms with E-state index in [1.165, 1.54) is 0 Å². The Balaban J connectivity index is 1.98. The first-order valence-corrected chi connectivity index (χ1v) is 7.45. The van der Waals surface area contributed by atoms with Crippen LogP contribution in [0.3, 0.4) is 0 Å². The van der Waals surface area contributed by atoms with Crippen LogP contribution in [0.4, 0.5) is 5.82 Å². The largest absolute Gasteiger partial charge is 0.496 e. The number of nitrogens with one attached hydrogen (secondary N) is 3. The fourth-order valence-electron chi connectivity index (χ4n) is 3.26. The van der Waals surface area contributed by atoms with Crippen molar-refractivity contribution in [2.45, 2.75) is 19.9 Å². The number of aromatic amines is 1. The molecule has 7 nitrogen and oxygen atoms in total. The smallest absolute Gasteiger partial charge is 0.219 e. The number of hydrogen-bond donors (Lipinski definition) is 4. The number of allylic oxidation sites excluding steroid dienone is 1. The fraction of sp³-hybridized carbons (Fsp3) is 0.312. The van der Waals surface area contributed by atoms with Crippen LogP contribution in [0.25, 0.3) is 16.5 Å². The number of aliphatic imine (C=N–C) groups is 1. The molecule has 1 aromatic heterocycles. The van der Waals surface area contributed by atoms with Crippen LogP contribution >= 0.6 is 0 Å². The Labute approximate surface area is 133 Å². The number of nitrogens with zero attached hydrogens (tertiary/aromatic N) is 1. The molecule has 2 aromatic rings. The first-order chi connectivity index (χ1) is 11.1. The average Bonchev–Trinajstić information content (AvgIpc) is 3.06. The molecule has 1 aromatic carbocycles. The summed E-state index contributed by atoms with van der Waals surface area (Å²) in [5, 5.41) is 14.1. The molecule has 0 fully saturated rings. The number of ether oxygens (including phenoxy) is 1. The minimum atomic E-state index is 0.0365. The van der Waals surface area contributed by atoms with Crippen LogP contribution in [0, 0.1) is 0 Å². The Hall–Kier alpha value is -2.67. The van der Waals surface area contributed by atoms with Crippen LogP contribution in [-0.4, -0.2) is 35.8 Å². The quantitative estimate of drug-likeness (QED) is 0.684. The van der Waals surface area contributed by atoms with Crippen LogP contribution in [0.15, 0.2) is 22.9 Å². The van der Waals surface area contributed by atoms with Gasteiger partial charge in [-0.25, -0.2) is 4.99 Å². The van der Waals surface area contributed by atoms with Gasteiger partial charge < -0.3 is 25.0 Å².